The fourth-order valence-corrected chi connectivity index (χ4v) is 3.12. The lowest BCUT2D eigenvalue weighted by molar-refractivity contribution is 0.377. The molecule has 1 aliphatic rings. The molecule has 0 amide bonds. The monoisotopic (exact) mass is 324 g/mol. The van der Waals surface area contributed by atoms with E-state index >= 15 is 0 Å². The molecule has 0 atom stereocenters. The second-order valence-electron chi connectivity index (χ2n) is 7.21. The Morgan fingerprint density at radius 2 is 1.96 bits per heavy atom. The van der Waals surface area contributed by atoms with Gasteiger partial charge < -0.3 is 0 Å². The maximum Gasteiger partial charge on any atom is 0.172 e. The molecule has 1 N–H and O–H groups in total. The maximum atomic E-state index is 3.84. The van der Waals surface area contributed by atoms with Gasteiger partial charge in [0.05, 0.1) is 0 Å². The van der Waals surface area contributed by atoms with Gasteiger partial charge >= 0.3 is 0 Å². The number of allylic oxidation sites excluding steroid dienone is 9. The van der Waals surface area contributed by atoms with Gasteiger partial charge in [-0.2, -0.15) is 0 Å². The summed E-state index contributed by atoms with van der Waals surface area (Å²) in [5.74, 6) is 0.666. The first-order valence-corrected chi connectivity index (χ1v) is 8.54. The van der Waals surface area contributed by atoms with Gasteiger partial charge in [0, 0.05) is 0 Å². The zero-order chi connectivity index (χ0) is 17.6. The molecule has 0 aliphatic heterocycles. The van der Waals surface area contributed by atoms with Crippen LogP contribution in [0.2, 0.25) is 0 Å². The van der Waals surface area contributed by atoms with Gasteiger partial charge in [0.2, 0.25) is 0 Å². The van der Waals surface area contributed by atoms with E-state index in [0.29, 0.717) is 11.2 Å². The zero-order valence-electron chi connectivity index (χ0n) is 15.4. The Morgan fingerprint density at radius 1 is 1.17 bits per heavy atom. The number of nitrogens with one attached hydrogen (secondary N) is 1. The van der Waals surface area contributed by atoms with E-state index in [0.717, 1.165) is 5.57 Å². The molecule has 0 unspecified atom stereocenters. The summed E-state index contributed by atoms with van der Waals surface area (Å²) in [4.78, 5) is 0. The molecule has 0 bridgehead atoms. The molecule has 1 aromatic heterocycles. The Bertz CT molecular complexity index is 698. The van der Waals surface area contributed by atoms with E-state index in [-0.39, 0.29) is 0 Å². The van der Waals surface area contributed by atoms with Gasteiger partial charge in [0.15, 0.2) is 5.82 Å². The standard InChI is InChI=1S/C20H28N4/c1-15(8-6-9-16(2)14-19-21-23-24-22-19)11-12-18-17(3)10-7-13-20(18,4)5/h6,8-9,11-12,14H,7,10,13H2,1-5H3,(H,21,22,23,24)/b9-6+,12-11+,15-8+,16-14+. The van der Waals surface area contributed by atoms with E-state index in [1.807, 2.05) is 13.0 Å². The average molecular weight is 324 g/mol. The molecule has 24 heavy (non-hydrogen) atoms. The van der Waals surface area contributed by atoms with Crippen molar-refractivity contribution in [2.24, 2.45) is 5.41 Å². The Morgan fingerprint density at radius 3 is 2.62 bits per heavy atom. The summed E-state index contributed by atoms with van der Waals surface area (Å²) in [5.41, 5.74) is 5.65. The normalized spacial score (nSPS) is 19.7. The van der Waals surface area contributed by atoms with Crippen LogP contribution in [0.3, 0.4) is 0 Å². The number of aromatic amines is 1. The van der Waals surface area contributed by atoms with E-state index in [9.17, 15) is 0 Å². The Balaban J connectivity index is 2.02. The SMILES string of the molecule is CC1=C(/C=C/C(C)=C/C=C/C(C)=C/c2nnn[nH]2)C(C)(C)CCC1. The smallest absolute Gasteiger partial charge is 0.172 e. The maximum absolute atomic E-state index is 3.84. The lowest BCUT2D eigenvalue weighted by atomic mass is 9.72. The number of rotatable bonds is 5. The van der Waals surface area contributed by atoms with Crippen molar-refractivity contribution in [2.75, 3.05) is 0 Å². The van der Waals surface area contributed by atoms with Gasteiger partial charge in [0.25, 0.3) is 0 Å². The van der Waals surface area contributed by atoms with Gasteiger partial charge in [-0.25, -0.2) is 5.10 Å². The average Bonchev–Trinajstić information content (AvgIpc) is 2.98. The van der Waals surface area contributed by atoms with Crippen LogP contribution in [-0.4, -0.2) is 20.6 Å². The molecular weight excluding hydrogens is 296 g/mol. The number of aromatic nitrogens is 4. The van der Waals surface area contributed by atoms with Crippen molar-refractivity contribution in [3.05, 3.63) is 58.5 Å². The van der Waals surface area contributed by atoms with Crippen LogP contribution in [0, 0.1) is 5.41 Å². The van der Waals surface area contributed by atoms with Crippen molar-refractivity contribution < 1.29 is 0 Å². The highest BCUT2D eigenvalue weighted by Gasteiger charge is 2.26. The van der Waals surface area contributed by atoms with Crippen LogP contribution >= 0.6 is 0 Å². The van der Waals surface area contributed by atoms with Gasteiger partial charge in [-0.1, -0.05) is 55.4 Å². The number of hydrogen-bond donors (Lipinski definition) is 1. The molecule has 0 spiro atoms. The Kier molecular flexibility index (Phi) is 6.07. The minimum absolute atomic E-state index is 0.291. The summed E-state index contributed by atoms with van der Waals surface area (Å²) < 4.78 is 0. The van der Waals surface area contributed by atoms with Crippen LogP contribution in [0.1, 0.15) is 59.7 Å². The molecule has 0 saturated carbocycles. The summed E-state index contributed by atoms with van der Waals surface area (Å²) in [6.45, 7) is 11.1. The fourth-order valence-electron chi connectivity index (χ4n) is 3.12. The molecule has 4 nitrogen and oxygen atoms in total. The molecule has 0 fully saturated rings. The van der Waals surface area contributed by atoms with E-state index in [2.05, 4.69) is 78.7 Å². The molecule has 4 heteroatoms. The van der Waals surface area contributed by atoms with Crippen molar-refractivity contribution in [1.82, 2.24) is 20.6 Å². The molecule has 2 rings (SSSR count). The molecule has 0 saturated heterocycles. The molecule has 0 aromatic carbocycles. The largest absolute Gasteiger partial charge is 0.239 e. The summed E-state index contributed by atoms with van der Waals surface area (Å²) in [7, 11) is 0. The molecule has 1 aromatic rings. The van der Waals surface area contributed by atoms with Crippen molar-refractivity contribution in [2.45, 2.75) is 53.9 Å². The van der Waals surface area contributed by atoms with Crippen LogP contribution in [0.5, 0.6) is 0 Å². The molecule has 0 radical (unpaired) electrons. The third kappa shape index (κ3) is 5.15. The minimum Gasteiger partial charge on any atom is -0.239 e. The van der Waals surface area contributed by atoms with Crippen molar-refractivity contribution in [1.29, 1.82) is 0 Å². The topological polar surface area (TPSA) is 54.5 Å². The van der Waals surface area contributed by atoms with Crippen molar-refractivity contribution in [3.8, 4) is 0 Å². The summed E-state index contributed by atoms with van der Waals surface area (Å²) >= 11 is 0. The van der Waals surface area contributed by atoms with Crippen molar-refractivity contribution in [3.63, 3.8) is 0 Å². The molecule has 1 aliphatic carbocycles. The number of H-pyrrole nitrogens is 1. The van der Waals surface area contributed by atoms with Crippen LogP contribution < -0.4 is 0 Å². The highest BCUT2D eigenvalue weighted by molar-refractivity contribution is 5.48. The zero-order valence-corrected chi connectivity index (χ0v) is 15.4. The van der Waals surface area contributed by atoms with Crippen LogP contribution in [0.25, 0.3) is 6.08 Å². The second-order valence-corrected chi connectivity index (χ2v) is 7.21. The lowest BCUT2D eigenvalue weighted by Gasteiger charge is -2.32. The summed E-state index contributed by atoms with van der Waals surface area (Å²) in [6.07, 6.45) is 16.5. The molecule has 128 valence electrons. The van der Waals surface area contributed by atoms with E-state index in [4.69, 9.17) is 0 Å². The highest BCUT2D eigenvalue weighted by atomic mass is 15.5. The van der Waals surface area contributed by atoms with Crippen LogP contribution in [0.15, 0.2) is 52.7 Å². The first-order valence-electron chi connectivity index (χ1n) is 8.54. The van der Waals surface area contributed by atoms with Gasteiger partial charge in [-0.15, -0.1) is 5.10 Å². The van der Waals surface area contributed by atoms with Crippen LogP contribution in [0.4, 0.5) is 0 Å². The Labute approximate surface area is 145 Å². The minimum atomic E-state index is 0.291. The van der Waals surface area contributed by atoms with Gasteiger partial charge in [-0.3, -0.25) is 0 Å². The highest BCUT2D eigenvalue weighted by Crippen LogP contribution is 2.40. The quantitative estimate of drug-likeness (QED) is 0.758. The lowest BCUT2D eigenvalue weighted by Crippen LogP contribution is -2.19. The predicted octanol–water partition coefficient (Wildman–Crippen LogP) is 5.19. The third-order valence-electron chi connectivity index (χ3n) is 4.50. The first kappa shape index (κ1) is 18.1. The second kappa shape index (κ2) is 8.04. The summed E-state index contributed by atoms with van der Waals surface area (Å²) in [6, 6.07) is 0. The number of tetrazole rings is 1. The Hall–Kier alpha value is -2.23. The molecule has 1 heterocycles. The van der Waals surface area contributed by atoms with E-state index < -0.39 is 0 Å². The third-order valence-corrected chi connectivity index (χ3v) is 4.50. The van der Waals surface area contributed by atoms with Gasteiger partial charge in [-0.05, 0) is 73.1 Å². The number of nitrogens with zero attached hydrogens (tertiary/aromatic N) is 3. The van der Waals surface area contributed by atoms with E-state index in [1.165, 1.54) is 36.0 Å². The van der Waals surface area contributed by atoms with E-state index in [1.54, 1.807) is 0 Å². The van der Waals surface area contributed by atoms with Crippen molar-refractivity contribution >= 4 is 6.08 Å². The van der Waals surface area contributed by atoms with Crippen LogP contribution in [-0.2, 0) is 0 Å². The fraction of sp³-hybridized carbons (Fsp3) is 0.450. The summed E-state index contributed by atoms with van der Waals surface area (Å²) in [5, 5.41) is 13.7. The number of hydrogen-bond acceptors (Lipinski definition) is 3. The van der Waals surface area contributed by atoms with Gasteiger partial charge in [0.1, 0.15) is 0 Å². The first-order chi connectivity index (χ1) is 11.4. The molecular formula is C20H28N4. The predicted molar refractivity (Wildman–Crippen MR) is 100 cm³/mol.